The molecule has 0 aliphatic carbocycles. The van der Waals surface area contributed by atoms with Crippen LogP contribution in [0.25, 0.3) is 0 Å². The van der Waals surface area contributed by atoms with Crippen molar-refractivity contribution in [1.82, 2.24) is 9.97 Å². The number of benzene rings is 1. The molecule has 25 heavy (non-hydrogen) atoms. The maximum atomic E-state index is 13.1. The molecule has 1 aromatic heterocycles. The molecule has 2 aromatic rings. The van der Waals surface area contributed by atoms with E-state index in [9.17, 15) is 14.9 Å². The van der Waals surface area contributed by atoms with Gasteiger partial charge in [-0.1, -0.05) is 28.1 Å². The van der Waals surface area contributed by atoms with Gasteiger partial charge in [-0.3, -0.25) is 14.8 Å². The van der Waals surface area contributed by atoms with Crippen molar-refractivity contribution in [3.63, 3.8) is 0 Å². The zero-order valence-corrected chi connectivity index (χ0v) is 14.7. The lowest BCUT2D eigenvalue weighted by atomic mass is 9.70. The number of ether oxygens (including phenoxy) is 1. The molecule has 5 N–H and O–H groups in total. The Balaban J connectivity index is 2.24. The van der Waals surface area contributed by atoms with Crippen LogP contribution in [-0.4, -0.2) is 15.9 Å². The standard InChI is InChI=1S/C15H8BrN5O3S/c16-5-1-2-8-6(3-5)15(13(22)19-8)7(4-17)10(18)24-11-9(15)12(25)21-14(23)20-11/h1-3H,18H2,(H,19,22)(H2,20,21,23,25). The summed E-state index contributed by atoms with van der Waals surface area (Å²) < 4.78 is 6.07. The van der Waals surface area contributed by atoms with Crippen molar-refractivity contribution in [2.45, 2.75) is 5.41 Å². The lowest BCUT2D eigenvalue weighted by Crippen LogP contribution is -2.44. The fraction of sp³-hybridized carbons (Fsp3) is 0.0667. The summed E-state index contributed by atoms with van der Waals surface area (Å²) in [6, 6.07) is 7.12. The minimum absolute atomic E-state index is 0.0121. The van der Waals surface area contributed by atoms with Crippen molar-refractivity contribution in [3.05, 3.63) is 60.4 Å². The molecule has 1 amide bonds. The van der Waals surface area contributed by atoms with Crippen molar-refractivity contribution in [1.29, 1.82) is 5.26 Å². The van der Waals surface area contributed by atoms with E-state index in [1.165, 1.54) is 0 Å². The zero-order chi connectivity index (χ0) is 17.9. The van der Waals surface area contributed by atoms with Gasteiger partial charge in [-0.05, 0) is 18.2 Å². The third-order valence-electron chi connectivity index (χ3n) is 4.20. The second-order valence-corrected chi connectivity index (χ2v) is 6.78. The van der Waals surface area contributed by atoms with Gasteiger partial charge in [-0.15, -0.1) is 0 Å². The predicted molar refractivity (Wildman–Crippen MR) is 93.3 cm³/mol. The molecule has 0 bridgehead atoms. The van der Waals surface area contributed by atoms with Gasteiger partial charge in [0.15, 0.2) is 0 Å². The van der Waals surface area contributed by atoms with Gasteiger partial charge in [0.2, 0.25) is 17.7 Å². The number of aromatic nitrogens is 2. The number of anilines is 1. The summed E-state index contributed by atoms with van der Waals surface area (Å²) in [5.41, 5.74) is 4.75. The van der Waals surface area contributed by atoms with Gasteiger partial charge >= 0.3 is 5.69 Å². The van der Waals surface area contributed by atoms with E-state index < -0.39 is 17.0 Å². The van der Waals surface area contributed by atoms with E-state index in [0.29, 0.717) is 15.7 Å². The highest BCUT2D eigenvalue weighted by Crippen LogP contribution is 2.53. The summed E-state index contributed by atoms with van der Waals surface area (Å²) >= 11 is 8.64. The number of nitrogens with one attached hydrogen (secondary N) is 3. The first-order chi connectivity index (χ1) is 11.9. The smallest absolute Gasteiger partial charge is 0.326 e. The Hall–Kier alpha value is -2.90. The number of hydrogen-bond donors (Lipinski definition) is 4. The van der Waals surface area contributed by atoms with Crippen LogP contribution in [0.1, 0.15) is 11.1 Å². The van der Waals surface area contributed by atoms with Crippen LogP contribution in [0.15, 0.2) is 38.9 Å². The average molecular weight is 418 g/mol. The first-order valence-corrected chi connectivity index (χ1v) is 8.16. The van der Waals surface area contributed by atoms with Crippen LogP contribution in [0.5, 0.6) is 5.88 Å². The van der Waals surface area contributed by atoms with Crippen LogP contribution in [-0.2, 0) is 10.2 Å². The first-order valence-electron chi connectivity index (χ1n) is 6.96. The van der Waals surface area contributed by atoms with E-state index in [-0.39, 0.29) is 27.5 Å². The van der Waals surface area contributed by atoms with E-state index in [0.717, 1.165) is 0 Å². The van der Waals surface area contributed by atoms with Gasteiger partial charge in [0.05, 0.1) is 5.56 Å². The van der Waals surface area contributed by atoms with Gasteiger partial charge in [-0.25, -0.2) is 4.79 Å². The number of nitriles is 1. The van der Waals surface area contributed by atoms with Gasteiger partial charge in [-0.2, -0.15) is 5.26 Å². The SMILES string of the molecule is N#CC1=C(N)Oc2[nH]c(=O)[nH]c(=S)c2C12C(=O)Nc1ccc(Br)cc12. The van der Waals surface area contributed by atoms with Crippen LogP contribution in [0, 0.1) is 16.0 Å². The van der Waals surface area contributed by atoms with Crippen molar-refractivity contribution in [2.75, 3.05) is 5.32 Å². The van der Waals surface area contributed by atoms with Crippen molar-refractivity contribution in [3.8, 4) is 11.9 Å². The van der Waals surface area contributed by atoms with Crippen LogP contribution in [0.3, 0.4) is 0 Å². The molecule has 3 heterocycles. The fourth-order valence-corrected chi connectivity index (χ4v) is 3.96. The second kappa shape index (κ2) is 5.05. The molecule has 8 nitrogen and oxygen atoms in total. The Bertz CT molecular complexity index is 1160. The minimum atomic E-state index is -1.61. The third kappa shape index (κ3) is 1.87. The summed E-state index contributed by atoms with van der Waals surface area (Å²) in [5, 5.41) is 12.4. The number of hydrogen-bond acceptors (Lipinski definition) is 6. The molecule has 2 aliphatic rings. The molecule has 0 saturated heterocycles. The number of carbonyl (C=O) groups is 1. The monoisotopic (exact) mass is 417 g/mol. The van der Waals surface area contributed by atoms with Gasteiger partial charge in [0, 0.05) is 15.7 Å². The Morgan fingerprint density at radius 2 is 2.08 bits per heavy atom. The maximum absolute atomic E-state index is 13.1. The van der Waals surface area contributed by atoms with Crippen LogP contribution in [0.4, 0.5) is 5.69 Å². The highest BCUT2D eigenvalue weighted by molar-refractivity contribution is 9.10. The number of nitrogens with two attached hydrogens (primary N) is 1. The summed E-state index contributed by atoms with van der Waals surface area (Å²) in [7, 11) is 0. The van der Waals surface area contributed by atoms with Crippen molar-refractivity contribution < 1.29 is 9.53 Å². The van der Waals surface area contributed by atoms with Gasteiger partial charge in [0.1, 0.15) is 21.7 Å². The molecule has 2 aliphatic heterocycles. The fourth-order valence-electron chi connectivity index (χ4n) is 3.26. The first kappa shape index (κ1) is 15.6. The number of amides is 1. The summed E-state index contributed by atoms with van der Waals surface area (Å²) in [5.74, 6) is -0.835. The molecular weight excluding hydrogens is 410 g/mol. The number of halogens is 1. The Labute approximate surface area is 153 Å². The highest BCUT2D eigenvalue weighted by Gasteiger charge is 2.57. The van der Waals surface area contributed by atoms with Crippen molar-refractivity contribution >= 4 is 39.7 Å². The molecular formula is C15H8BrN5O3S. The number of H-pyrrole nitrogens is 2. The molecule has 10 heteroatoms. The van der Waals surface area contributed by atoms with Gasteiger partial charge < -0.3 is 15.8 Å². The van der Waals surface area contributed by atoms with Gasteiger partial charge in [0.25, 0.3) is 0 Å². The summed E-state index contributed by atoms with van der Waals surface area (Å²) in [4.78, 5) is 29.7. The summed E-state index contributed by atoms with van der Waals surface area (Å²) in [6.45, 7) is 0. The number of carbonyl (C=O) groups excluding carboxylic acids is 1. The molecule has 1 aromatic carbocycles. The lowest BCUT2D eigenvalue weighted by Gasteiger charge is -2.32. The molecule has 1 spiro atoms. The number of aromatic amines is 2. The number of rotatable bonds is 0. The Morgan fingerprint density at radius 3 is 2.80 bits per heavy atom. The maximum Gasteiger partial charge on any atom is 0.326 e. The average Bonchev–Trinajstić information content (AvgIpc) is 2.80. The lowest BCUT2D eigenvalue weighted by molar-refractivity contribution is -0.118. The highest BCUT2D eigenvalue weighted by atomic mass is 79.9. The van der Waals surface area contributed by atoms with E-state index in [2.05, 4.69) is 31.2 Å². The molecule has 1 unspecified atom stereocenters. The Morgan fingerprint density at radius 1 is 1.32 bits per heavy atom. The molecule has 1 atom stereocenters. The minimum Gasteiger partial charge on any atom is -0.424 e. The molecule has 0 radical (unpaired) electrons. The van der Waals surface area contributed by atoms with E-state index >= 15 is 0 Å². The second-order valence-electron chi connectivity index (χ2n) is 5.46. The predicted octanol–water partition coefficient (Wildman–Crippen LogP) is 1.52. The van der Waals surface area contributed by atoms with E-state index in [1.807, 2.05) is 6.07 Å². The summed E-state index contributed by atoms with van der Waals surface area (Å²) in [6.07, 6.45) is 0. The third-order valence-corrected chi connectivity index (χ3v) is 5.00. The van der Waals surface area contributed by atoms with Crippen LogP contribution < -0.4 is 21.5 Å². The molecule has 4 rings (SSSR count). The number of nitrogens with zero attached hydrogens (tertiary/aromatic N) is 1. The molecule has 124 valence electrons. The zero-order valence-electron chi connectivity index (χ0n) is 12.3. The van der Waals surface area contributed by atoms with E-state index in [1.54, 1.807) is 18.2 Å². The van der Waals surface area contributed by atoms with Crippen LogP contribution >= 0.6 is 28.1 Å². The molecule has 0 saturated carbocycles. The largest absolute Gasteiger partial charge is 0.424 e. The Kier molecular flexibility index (Phi) is 3.15. The van der Waals surface area contributed by atoms with E-state index in [4.69, 9.17) is 22.7 Å². The number of fused-ring (bicyclic) bond motifs is 4. The molecule has 0 fully saturated rings. The van der Waals surface area contributed by atoms with Crippen LogP contribution in [0.2, 0.25) is 0 Å². The van der Waals surface area contributed by atoms with Crippen molar-refractivity contribution in [2.24, 2.45) is 5.73 Å². The quantitative estimate of drug-likeness (QED) is 0.479. The normalized spacial score (nSPS) is 20.6. The topological polar surface area (TPSA) is 137 Å².